The van der Waals surface area contributed by atoms with Gasteiger partial charge in [0.15, 0.2) is 11.0 Å². The van der Waals surface area contributed by atoms with Gasteiger partial charge in [-0.25, -0.2) is 4.79 Å². The van der Waals surface area contributed by atoms with Crippen molar-refractivity contribution >= 4 is 23.8 Å². The number of ether oxygens (including phenoxy) is 1. The number of nitrogens with two attached hydrogens (primary N) is 1. The number of aliphatic hydroxyl groups is 1. The van der Waals surface area contributed by atoms with Crippen LogP contribution in [-0.2, 0) is 22.7 Å². The molecule has 9 nitrogen and oxygen atoms in total. The first-order valence-electron chi connectivity index (χ1n) is 4.84. The molecule has 0 aliphatic carbocycles. The van der Waals surface area contributed by atoms with E-state index in [-0.39, 0.29) is 31.3 Å². The highest BCUT2D eigenvalue weighted by molar-refractivity contribution is 7.99. The van der Waals surface area contributed by atoms with Crippen LogP contribution in [0.15, 0.2) is 5.16 Å². The molecule has 0 saturated heterocycles. The fraction of sp³-hybridized carbons (Fsp3) is 0.500. The third-order valence-corrected chi connectivity index (χ3v) is 2.77. The van der Waals surface area contributed by atoms with Crippen LogP contribution in [0, 0.1) is 0 Å². The van der Waals surface area contributed by atoms with Crippen LogP contribution < -0.4 is 5.73 Å². The molecule has 0 aliphatic rings. The molecule has 1 heterocycles. The smallest absolute Gasteiger partial charge is 0.404 e. The summed E-state index contributed by atoms with van der Waals surface area (Å²) in [6.45, 7) is -0.175. The van der Waals surface area contributed by atoms with E-state index in [2.05, 4.69) is 14.9 Å². The van der Waals surface area contributed by atoms with Gasteiger partial charge in [0.05, 0.1) is 12.3 Å². The Morgan fingerprint density at radius 2 is 2.17 bits per heavy atom. The van der Waals surface area contributed by atoms with Crippen molar-refractivity contribution in [2.75, 3.05) is 12.4 Å². The van der Waals surface area contributed by atoms with Crippen LogP contribution in [0.4, 0.5) is 4.79 Å². The number of hydrogen-bond acceptors (Lipinski definition) is 7. The molecule has 0 unspecified atom stereocenters. The van der Waals surface area contributed by atoms with Crippen molar-refractivity contribution in [2.45, 2.75) is 18.3 Å². The van der Waals surface area contributed by atoms with Crippen LogP contribution >= 0.6 is 11.8 Å². The Morgan fingerprint density at radius 1 is 1.44 bits per heavy atom. The van der Waals surface area contributed by atoms with Crippen LogP contribution in [0.3, 0.4) is 0 Å². The van der Waals surface area contributed by atoms with E-state index < -0.39 is 12.1 Å². The van der Waals surface area contributed by atoms with Gasteiger partial charge in [0.2, 0.25) is 0 Å². The van der Waals surface area contributed by atoms with Crippen molar-refractivity contribution in [3.63, 3.8) is 0 Å². The van der Waals surface area contributed by atoms with Crippen LogP contribution in [0.5, 0.6) is 0 Å². The van der Waals surface area contributed by atoms with E-state index in [0.29, 0.717) is 5.16 Å². The zero-order valence-electron chi connectivity index (χ0n) is 9.27. The summed E-state index contributed by atoms with van der Waals surface area (Å²) < 4.78 is 6.02. The Hall–Kier alpha value is -1.81. The predicted octanol–water partition coefficient (Wildman–Crippen LogP) is -0.958. The molecule has 18 heavy (non-hydrogen) atoms. The lowest BCUT2D eigenvalue weighted by atomic mass is 10.6. The number of nitrogens with zero attached hydrogens (tertiary/aromatic N) is 3. The number of aliphatic carboxylic acids is 1. The van der Waals surface area contributed by atoms with Crippen molar-refractivity contribution in [3.05, 3.63) is 5.82 Å². The molecule has 1 amide bonds. The second kappa shape index (κ2) is 6.81. The highest BCUT2D eigenvalue weighted by atomic mass is 32.2. The minimum Gasteiger partial charge on any atom is -0.481 e. The number of carboxylic acid groups (broad SMARTS) is 1. The molecule has 0 bridgehead atoms. The maximum atomic E-state index is 10.5. The molecule has 1 aromatic heterocycles. The predicted molar refractivity (Wildman–Crippen MR) is 59.8 cm³/mol. The SMILES string of the molecule is NC(=O)OCCn1c(CO)nnc1SCC(=O)O. The minimum absolute atomic E-state index is 0.0129. The summed E-state index contributed by atoms with van der Waals surface area (Å²) in [4.78, 5) is 20.9. The number of primary amides is 1. The highest BCUT2D eigenvalue weighted by Gasteiger charge is 2.13. The van der Waals surface area contributed by atoms with Gasteiger partial charge < -0.3 is 25.3 Å². The van der Waals surface area contributed by atoms with Gasteiger partial charge in [-0.15, -0.1) is 10.2 Å². The number of hydrogen-bond donors (Lipinski definition) is 3. The van der Waals surface area contributed by atoms with Gasteiger partial charge in [-0.2, -0.15) is 0 Å². The lowest BCUT2D eigenvalue weighted by molar-refractivity contribution is -0.133. The van der Waals surface area contributed by atoms with Gasteiger partial charge in [-0.05, 0) is 0 Å². The largest absolute Gasteiger partial charge is 0.481 e. The first-order chi connectivity index (χ1) is 8.54. The quantitative estimate of drug-likeness (QED) is 0.541. The van der Waals surface area contributed by atoms with E-state index in [0.717, 1.165) is 11.8 Å². The fourth-order valence-corrected chi connectivity index (χ4v) is 1.83. The standard InChI is InChI=1S/C8H12N4O5S/c9-7(16)17-2-1-12-5(3-13)10-11-8(12)18-4-6(14)15/h13H,1-4H2,(H2,9,16)(H,14,15). The van der Waals surface area contributed by atoms with E-state index in [4.69, 9.17) is 15.9 Å². The van der Waals surface area contributed by atoms with E-state index >= 15 is 0 Å². The van der Waals surface area contributed by atoms with E-state index in [1.165, 1.54) is 4.57 Å². The number of carboxylic acids is 1. The van der Waals surface area contributed by atoms with Crippen LogP contribution in [0.25, 0.3) is 0 Å². The Kier molecular flexibility index (Phi) is 5.39. The molecule has 0 saturated carbocycles. The second-order valence-electron chi connectivity index (χ2n) is 3.06. The normalized spacial score (nSPS) is 10.3. The number of carbonyl (C=O) groups is 2. The van der Waals surface area contributed by atoms with Gasteiger partial charge in [-0.3, -0.25) is 4.79 Å². The Balaban J connectivity index is 2.68. The topological polar surface area (TPSA) is 141 Å². The average Bonchev–Trinajstić information content (AvgIpc) is 2.68. The van der Waals surface area contributed by atoms with Crippen molar-refractivity contribution in [1.29, 1.82) is 0 Å². The molecule has 0 aliphatic heterocycles. The summed E-state index contributed by atoms with van der Waals surface area (Å²) in [6, 6.07) is 0. The lowest BCUT2D eigenvalue weighted by Gasteiger charge is -2.08. The molecule has 1 aromatic rings. The number of thioether (sulfide) groups is 1. The molecule has 4 N–H and O–H groups in total. The number of rotatable bonds is 7. The first kappa shape index (κ1) is 14.3. The van der Waals surface area contributed by atoms with Gasteiger partial charge in [0.1, 0.15) is 13.2 Å². The summed E-state index contributed by atoms with van der Waals surface area (Å²) in [5.74, 6) is -0.912. The molecule has 0 radical (unpaired) electrons. The molecular weight excluding hydrogens is 264 g/mol. The number of amides is 1. The lowest BCUT2D eigenvalue weighted by Crippen LogP contribution is -2.18. The van der Waals surface area contributed by atoms with Crippen LogP contribution in [0.2, 0.25) is 0 Å². The maximum absolute atomic E-state index is 10.5. The minimum atomic E-state index is -0.992. The summed E-state index contributed by atoms with van der Waals surface area (Å²) in [7, 11) is 0. The van der Waals surface area contributed by atoms with Crippen molar-refractivity contribution in [1.82, 2.24) is 14.8 Å². The Morgan fingerprint density at radius 3 is 2.72 bits per heavy atom. The van der Waals surface area contributed by atoms with Gasteiger partial charge in [0, 0.05) is 0 Å². The molecule has 0 aromatic carbocycles. The van der Waals surface area contributed by atoms with Crippen LogP contribution in [-0.4, -0.2) is 49.4 Å². The average molecular weight is 276 g/mol. The Labute approximate surface area is 106 Å². The van der Waals surface area contributed by atoms with Gasteiger partial charge >= 0.3 is 12.1 Å². The molecule has 1 rings (SSSR count). The van der Waals surface area contributed by atoms with Crippen molar-refractivity contribution < 1.29 is 24.5 Å². The van der Waals surface area contributed by atoms with E-state index in [1.54, 1.807) is 0 Å². The summed E-state index contributed by atoms with van der Waals surface area (Å²) in [6.07, 6.45) is -0.909. The molecule has 0 spiro atoms. The van der Waals surface area contributed by atoms with E-state index in [1.807, 2.05) is 0 Å². The second-order valence-corrected chi connectivity index (χ2v) is 4.00. The summed E-state index contributed by atoms with van der Waals surface area (Å²) >= 11 is 0.957. The maximum Gasteiger partial charge on any atom is 0.404 e. The zero-order chi connectivity index (χ0) is 13.5. The fourth-order valence-electron chi connectivity index (χ4n) is 1.13. The Bertz CT molecular complexity index is 435. The molecule has 100 valence electrons. The number of carbonyl (C=O) groups excluding carboxylic acids is 1. The summed E-state index contributed by atoms with van der Waals surface area (Å²) in [5, 5.41) is 25.4. The molecule has 0 atom stereocenters. The van der Waals surface area contributed by atoms with Crippen LogP contribution in [0.1, 0.15) is 5.82 Å². The van der Waals surface area contributed by atoms with E-state index in [9.17, 15) is 9.59 Å². The third-order valence-electron chi connectivity index (χ3n) is 1.82. The third kappa shape index (κ3) is 4.22. The van der Waals surface area contributed by atoms with Gasteiger partial charge in [0.25, 0.3) is 0 Å². The number of aliphatic hydroxyl groups excluding tert-OH is 1. The highest BCUT2D eigenvalue weighted by Crippen LogP contribution is 2.16. The summed E-state index contributed by atoms with van der Waals surface area (Å²) in [5.41, 5.74) is 4.80. The van der Waals surface area contributed by atoms with Crippen molar-refractivity contribution in [3.8, 4) is 0 Å². The zero-order valence-corrected chi connectivity index (χ0v) is 10.1. The number of aromatic nitrogens is 3. The monoisotopic (exact) mass is 276 g/mol. The van der Waals surface area contributed by atoms with Gasteiger partial charge in [-0.1, -0.05) is 11.8 Å². The molecule has 10 heteroatoms. The van der Waals surface area contributed by atoms with Crippen molar-refractivity contribution in [2.24, 2.45) is 5.73 Å². The molecule has 0 fully saturated rings. The molecular formula is C8H12N4O5S. The first-order valence-corrected chi connectivity index (χ1v) is 5.83.